The molecule has 0 aliphatic rings. The summed E-state index contributed by atoms with van der Waals surface area (Å²) in [4.78, 5) is 22.5. The van der Waals surface area contributed by atoms with Gasteiger partial charge in [-0.15, -0.1) is 0 Å². The lowest BCUT2D eigenvalue weighted by atomic mass is 10.1. The number of carbonyl (C=O) groups is 2. The third kappa shape index (κ3) is 5.48. The van der Waals surface area contributed by atoms with Gasteiger partial charge in [0.25, 0.3) is 0 Å². The van der Waals surface area contributed by atoms with E-state index in [0.29, 0.717) is 13.0 Å². The average molecular weight is 267 g/mol. The molecule has 0 radical (unpaired) electrons. The maximum absolute atomic E-state index is 12.7. The van der Waals surface area contributed by atoms with Crippen molar-refractivity contribution in [3.8, 4) is 0 Å². The van der Waals surface area contributed by atoms with E-state index in [1.807, 2.05) is 0 Å². The van der Waals surface area contributed by atoms with E-state index in [1.165, 1.54) is 19.2 Å². The summed E-state index contributed by atoms with van der Waals surface area (Å²) in [6.07, 6.45) is 0.678. The summed E-state index contributed by atoms with van der Waals surface area (Å²) in [5.41, 5.74) is 0.979. The Morgan fingerprint density at radius 3 is 2.47 bits per heavy atom. The Bertz CT molecular complexity index is 434. The number of hydrogen-bond donors (Lipinski definition) is 3. The van der Waals surface area contributed by atoms with Gasteiger partial charge in [-0.1, -0.05) is 12.1 Å². The zero-order valence-corrected chi connectivity index (χ0v) is 11.0. The minimum atomic E-state index is -0.530. The first kappa shape index (κ1) is 15.1. The van der Waals surface area contributed by atoms with Crippen LogP contribution in [0.1, 0.15) is 12.5 Å². The van der Waals surface area contributed by atoms with E-state index in [2.05, 4.69) is 16.0 Å². The van der Waals surface area contributed by atoms with Crippen LogP contribution >= 0.6 is 0 Å². The Balaban J connectivity index is 2.30. The van der Waals surface area contributed by atoms with Gasteiger partial charge in [-0.05, 0) is 37.6 Å². The molecule has 3 N–H and O–H groups in total. The Kier molecular flexibility index (Phi) is 5.95. The number of rotatable bonds is 5. The van der Waals surface area contributed by atoms with E-state index in [9.17, 15) is 14.0 Å². The van der Waals surface area contributed by atoms with Crippen molar-refractivity contribution in [2.24, 2.45) is 0 Å². The summed E-state index contributed by atoms with van der Waals surface area (Å²) >= 11 is 0. The molecule has 1 unspecified atom stereocenters. The molecule has 0 saturated heterocycles. The minimum absolute atomic E-state index is 0.268. The number of benzene rings is 1. The minimum Gasteiger partial charge on any atom is -0.341 e. The quantitative estimate of drug-likeness (QED) is 0.739. The van der Waals surface area contributed by atoms with Gasteiger partial charge in [0.15, 0.2) is 0 Å². The summed E-state index contributed by atoms with van der Waals surface area (Å²) in [6, 6.07) is 5.20. The second-order valence-corrected chi connectivity index (χ2v) is 4.12. The summed E-state index contributed by atoms with van der Waals surface area (Å²) in [6.45, 7) is 2.23. The van der Waals surface area contributed by atoms with Crippen molar-refractivity contribution in [2.75, 3.05) is 13.6 Å². The molecule has 104 valence electrons. The van der Waals surface area contributed by atoms with Crippen LogP contribution in [0.15, 0.2) is 24.3 Å². The molecule has 6 heteroatoms. The molecule has 19 heavy (non-hydrogen) atoms. The smallest absolute Gasteiger partial charge is 0.321 e. The first-order valence-corrected chi connectivity index (χ1v) is 6.03. The molecule has 0 saturated carbocycles. The lowest BCUT2D eigenvalue weighted by molar-refractivity contribution is -0.121. The third-order valence-corrected chi connectivity index (χ3v) is 2.63. The highest BCUT2D eigenvalue weighted by atomic mass is 19.1. The van der Waals surface area contributed by atoms with Gasteiger partial charge < -0.3 is 10.6 Å². The summed E-state index contributed by atoms with van der Waals surface area (Å²) in [7, 11) is 1.44. The molecule has 0 bridgehead atoms. The molecule has 1 rings (SSSR count). The maximum Gasteiger partial charge on any atom is 0.321 e. The molecule has 0 aliphatic carbocycles. The van der Waals surface area contributed by atoms with Gasteiger partial charge in [0, 0.05) is 7.05 Å². The van der Waals surface area contributed by atoms with Crippen molar-refractivity contribution >= 4 is 11.9 Å². The Hall–Kier alpha value is -1.95. The van der Waals surface area contributed by atoms with E-state index < -0.39 is 18.0 Å². The second kappa shape index (κ2) is 7.48. The molecule has 0 spiro atoms. The lowest BCUT2D eigenvalue weighted by Crippen LogP contribution is -2.47. The zero-order chi connectivity index (χ0) is 14.3. The second-order valence-electron chi connectivity index (χ2n) is 4.12. The fourth-order valence-corrected chi connectivity index (χ4v) is 1.46. The van der Waals surface area contributed by atoms with Crippen molar-refractivity contribution in [1.29, 1.82) is 0 Å². The number of halogens is 1. The van der Waals surface area contributed by atoms with Crippen LogP contribution in [0.5, 0.6) is 0 Å². The van der Waals surface area contributed by atoms with Crippen LogP contribution in [-0.2, 0) is 11.2 Å². The molecule has 0 aliphatic heterocycles. The SMILES string of the molecule is CNC(=O)NC(=O)C(C)NCCc1ccc(F)cc1. The van der Waals surface area contributed by atoms with Crippen LogP contribution in [0.25, 0.3) is 0 Å². The van der Waals surface area contributed by atoms with Gasteiger partial charge in [-0.3, -0.25) is 10.1 Å². The van der Waals surface area contributed by atoms with Crippen LogP contribution in [0, 0.1) is 5.82 Å². The highest BCUT2D eigenvalue weighted by Gasteiger charge is 2.13. The van der Waals surface area contributed by atoms with Crippen LogP contribution < -0.4 is 16.0 Å². The van der Waals surface area contributed by atoms with E-state index >= 15 is 0 Å². The largest absolute Gasteiger partial charge is 0.341 e. The van der Waals surface area contributed by atoms with E-state index in [-0.39, 0.29) is 5.82 Å². The molecule has 1 atom stereocenters. The molecule has 1 aromatic rings. The van der Waals surface area contributed by atoms with Crippen molar-refractivity contribution in [3.05, 3.63) is 35.6 Å². The first-order chi connectivity index (χ1) is 9.02. The zero-order valence-electron chi connectivity index (χ0n) is 11.0. The molecule has 0 fully saturated rings. The number of nitrogens with one attached hydrogen (secondary N) is 3. The Morgan fingerprint density at radius 2 is 1.89 bits per heavy atom. The van der Waals surface area contributed by atoms with Gasteiger partial charge >= 0.3 is 6.03 Å². The van der Waals surface area contributed by atoms with Crippen LogP contribution in [0.4, 0.5) is 9.18 Å². The van der Waals surface area contributed by atoms with E-state index in [4.69, 9.17) is 0 Å². The van der Waals surface area contributed by atoms with Crippen molar-refractivity contribution in [1.82, 2.24) is 16.0 Å². The fraction of sp³-hybridized carbons (Fsp3) is 0.385. The van der Waals surface area contributed by atoms with Crippen molar-refractivity contribution < 1.29 is 14.0 Å². The van der Waals surface area contributed by atoms with Gasteiger partial charge in [0.05, 0.1) is 6.04 Å². The summed E-state index contributed by atoms with van der Waals surface area (Å²) in [5, 5.41) is 7.48. The maximum atomic E-state index is 12.7. The van der Waals surface area contributed by atoms with Crippen LogP contribution in [-0.4, -0.2) is 31.6 Å². The Labute approximate surface area is 111 Å². The standard InChI is InChI=1S/C13H18FN3O2/c1-9(12(18)17-13(19)15-2)16-8-7-10-3-5-11(14)6-4-10/h3-6,9,16H,7-8H2,1-2H3,(H2,15,17,18,19). The predicted molar refractivity (Wildman–Crippen MR) is 70.2 cm³/mol. The van der Waals surface area contributed by atoms with Gasteiger partial charge in [0.2, 0.25) is 5.91 Å². The lowest BCUT2D eigenvalue weighted by Gasteiger charge is -2.13. The van der Waals surface area contributed by atoms with Gasteiger partial charge in [-0.2, -0.15) is 0 Å². The van der Waals surface area contributed by atoms with E-state index in [1.54, 1.807) is 19.1 Å². The summed E-state index contributed by atoms with van der Waals surface area (Å²) < 4.78 is 12.7. The van der Waals surface area contributed by atoms with Crippen LogP contribution in [0.3, 0.4) is 0 Å². The van der Waals surface area contributed by atoms with Crippen LogP contribution in [0.2, 0.25) is 0 Å². The molecule has 3 amide bonds. The van der Waals surface area contributed by atoms with E-state index in [0.717, 1.165) is 5.56 Å². The molecular formula is C13H18FN3O2. The number of hydrogen-bond acceptors (Lipinski definition) is 3. The van der Waals surface area contributed by atoms with Crippen molar-refractivity contribution in [2.45, 2.75) is 19.4 Å². The topological polar surface area (TPSA) is 70.2 Å². The average Bonchev–Trinajstić information content (AvgIpc) is 2.40. The normalized spacial score (nSPS) is 11.7. The Morgan fingerprint density at radius 1 is 1.26 bits per heavy atom. The molecule has 0 aromatic heterocycles. The monoisotopic (exact) mass is 267 g/mol. The van der Waals surface area contributed by atoms with Gasteiger partial charge in [0.1, 0.15) is 5.82 Å². The molecule has 1 aromatic carbocycles. The molecule has 0 heterocycles. The highest BCUT2D eigenvalue weighted by Crippen LogP contribution is 2.02. The predicted octanol–water partition coefficient (Wildman–Crippen LogP) is 0.802. The van der Waals surface area contributed by atoms with Gasteiger partial charge in [-0.25, -0.2) is 9.18 Å². The summed E-state index contributed by atoms with van der Waals surface area (Å²) in [5.74, 6) is -0.659. The third-order valence-electron chi connectivity index (χ3n) is 2.63. The molecule has 5 nitrogen and oxygen atoms in total. The first-order valence-electron chi connectivity index (χ1n) is 6.03. The van der Waals surface area contributed by atoms with Crippen molar-refractivity contribution in [3.63, 3.8) is 0 Å². The number of urea groups is 1. The number of imide groups is 1. The number of carbonyl (C=O) groups excluding carboxylic acids is 2. The molecular weight excluding hydrogens is 249 g/mol. The fourth-order valence-electron chi connectivity index (χ4n) is 1.46. The number of amides is 3. The highest BCUT2D eigenvalue weighted by molar-refractivity contribution is 5.96.